The zero-order valence-corrected chi connectivity index (χ0v) is 10.7. The van der Waals surface area contributed by atoms with Gasteiger partial charge in [0, 0.05) is 6.61 Å². The van der Waals surface area contributed by atoms with E-state index in [9.17, 15) is 5.11 Å². The molecule has 1 N–H and O–H groups in total. The maximum Gasteiger partial charge on any atom is 0.0487 e. The molecular weight excluding hydrogens is 172 g/mol. The summed E-state index contributed by atoms with van der Waals surface area (Å²) in [6.45, 7) is 11.6. The smallest absolute Gasteiger partial charge is 0.0487 e. The first-order chi connectivity index (χ1) is 6.39. The van der Waals surface area contributed by atoms with Crippen LogP contribution in [-0.4, -0.2) is 11.7 Å². The van der Waals surface area contributed by atoms with E-state index in [4.69, 9.17) is 0 Å². The van der Waals surface area contributed by atoms with E-state index in [1.54, 1.807) is 0 Å². The minimum Gasteiger partial charge on any atom is -0.396 e. The van der Waals surface area contributed by atoms with Crippen LogP contribution in [0.2, 0.25) is 0 Å². The van der Waals surface area contributed by atoms with Crippen molar-refractivity contribution in [2.24, 2.45) is 10.8 Å². The quantitative estimate of drug-likeness (QED) is 0.687. The highest BCUT2D eigenvalue weighted by Gasteiger charge is 2.31. The lowest BCUT2D eigenvalue weighted by atomic mass is 9.70. The molecule has 0 amide bonds. The Morgan fingerprint density at radius 3 is 1.93 bits per heavy atom. The lowest BCUT2D eigenvalue weighted by molar-refractivity contribution is 0.0620. The monoisotopic (exact) mass is 200 g/mol. The Bertz CT molecular complexity index is 140. The van der Waals surface area contributed by atoms with E-state index in [-0.39, 0.29) is 5.41 Å². The Kier molecular flexibility index (Phi) is 5.73. The summed E-state index contributed by atoms with van der Waals surface area (Å²) in [6, 6.07) is 0. The van der Waals surface area contributed by atoms with Gasteiger partial charge < -0.3 is 5.11 Å². The second-order valence-corrected chi connectivity index (χ2v) is 5.85. The standard InChI is InChI=1S/C13H28O/c1-6-8-9-13(7-2,11-14)10-12(3,4)5/h14H,6-11H2,1-5H3. The highest BCUT2D eigenvalue weighted by molar-refractivity contribution is 4.82. The van der Waals surface area contributed by atoms with Crippen LogP contribution in [0.15, 0.2) is 0 Å². The third kappa shape index (κ3) is 4.99. The van der Waals surface area contributed by atoms with Gasteiger partial charge in [-0.25, -0.2) is 0 Å². The number of hydrogen-bond acceptors (Lipinski definition) is 1. The topological polar surface area (TPSA) is 20.2 Å². The molecule has 0 aliphatic heterocycles. The van der Waals surface area contributed by atoms with Crippen LogP contribution in [0.5, 0.6) is 0 Å². The van der Waals surface area contributed by atoms with Crippen molar-refractivity contribution in [2.45, 2.75) is 66.7 Å². The van der Waals surface area contributed by atoms with Gasteiger partial charge in [-0.05, 0) is 30.1 Å². The SMILES string of the molecule is CCCCC(CC)(CO)CC(C)(C)C. The summed E-state index contributed by atoms with van der Waals surface area (Å²) in [5.41, 5.74) is 0.501. The van der Waals surface area contributed by atoms with Gasteiger partial charge in [0.1, 0.15) is 0 Å². The zero-order chi connectivity index (χ0) is 11.2. The fourth-order valence-corrected chi connectivity index (χ4v) is 2.31. The minimum atomic E-state index is 0.175. The van der Waals surface area contributed by atoms with E-state index < -0.39 is 0 Å². The van der Waals surface area contributed by atoms with Gasteiger partial charge in [-0.3, -0.25) is 0 Å². The molecule has 0 fully saturated rings. The molecule has 0 aliphatic carbocycles. The summed E-state index contributed by atoms with van der Waals surface area (Å²) in [7, 11) is 0. The Balaban J connectivity index is 4.36. The van der Waals surface area contributed by atoms with E-state index in [1.807, 2.05) is 0 Å². The van der Waals surface area contributed by atoms with E-state index >= 15 is 0 Å². The molecule has 0 rings (SSSR count). The van der Waals surface area contributed by atoms with Crippen molar-refractivity contribution < 1.29 is 5.11 Å². The zero-order valence-electron chi connectivity index (χ0n) is 10.7. The highest BCUT2D eigenvalue weighted by atomic mass is 16.3. The first kappa shape index (κ1) is 14.0. The molecule has 14 heavy (non-hydrogen) atoms. The molecule has 0 aromatic heterocycles. The Morgan fingerprint density at radius 1 is 1.07 bits per heavy atom. The predicted molar refractivity (Wildman–Crippen MR) is 63.4 cm³/mol. The summed E-state index contributed by atoms with van der Waals surface area (Å²) in [5, 5.41) is 9.57. The second kappa shape index (κ2) is 5.75. The summed E-state index contributed by atoms with van der Waals surface area (Å²) in [6.07, 6.45) is 5.87. The average molecular weight is 200 g/mol. The van der Waals surface area contributed by atoms with Crippen LogP contribution in [-0.2, 0) is 0 Å². The number of hydrogen-bond donors (Lipinski definition) is 1. The van der Waals surface area contributed by atoms with Crippen LogP contribution in [0.3, 0.4) is 0 Å². The van der Waals surface area contributed by atoms with Crippen molar-refractivity contribution in [1.29, 1.82) is 0 Å². The maximum absolute atomic E-state index is 9.57. The lowest BCUT2D eigenvalue weighted by Gasteiger charge is -2.37. The minimum absolute atomic E-state index is 0.175. The molecule has 0 heterocycles. The first-order valence-corrected chi connectivity index (χ1v) is 6.00. The molecular formula is C13H28O. The molecule has 1 heteroatoms. The Hall–Kier alpha value is -0.0400. The Morgan fingerprint density at radius 2 is 1.64 bits per heavy atom. The molecule has 1 nitrogen and oxygen atoms in total. The van der Waals surface area contributed by atoms with Crippen molar-refractivity contribution in [1.82, 2.24) is 0 Å². The van der Waals surface area contributed by atoms with Crippen molar-refractivity contribution in [3.8, 4) is 0 Å². The van der Waals surface area contributed by atoms with Crippen LogP contribution in [0, 0.1) is 10.8 Å². The van der Waals surface area contributed by atoms with E-state index in [0.29, 0.717) is 12.0 Å². The molecule has 1 atom stereocenters. The molecule has 1 unspecified atom stereocenters. The Labute approximate surface area is 89.9 Å². The van der Waals surface area contributed by atoms with Gasteiger partial charge in [0.25, 0.3) is 0 Å². The molecule has 0 aromatic carbocycles. The number of rotatable bonds is 6. The second-order valence-electron chi connectivity index (χ2n) is 5.85. The molecule has 0 saturated carbocycles. The van der Waals surface area contributed by atoms with Crippen molar-refractivity contribution in [3.63, 3.8) is 0 Å². The number of aliphatic hydroxyl groups is 1. The summed E-state index contributed by atoms with van der Waals surface area (Å²) >= 11 is 0. The normalized spacial score (nSPS) is 16.7. The molecule has 0 radical (unpaired) electrons. The van der Waals surface area contributed by atoms with Gasteiger partial charge in [-0.15, -0.1) is 0 Å². The molecule has 86 valence electrons. The van der Waals surface area contributed by atoms with Crippen LogP contribution in [0.25, 0.3) is 0 Å². The lowest BCUT2D eigenvalue weighted by Crippen LogP contribution is -2.30. The summed E-state index contributed by atoms with van der Waals surface area (Å²) in [5.74, 6) is 0. The summed E-state index contributed by atoms with van der Waals surface area (Å²) in [4.78, 5) is 0. The summed E-state index contributed by atoms with van der Waals surface area (Å²) < 4.78 is 0. The molecule has 0 aromatic rings. The first-order valence-electron chi connectivity index (χ1n) is 6.00. The molecule has 0 bridgehead atoms. The van der Waals surface area contributed by atoms with Gasteiger partial charge in [0.15, 0.2) is 0 Å². The van der Waals surface area contributed by atoms with Gasteiger partial charge in [-0.1, -0.05) is 47.5 Å². The molecule has 0 saturated heterocycles. The predicted octanol–water partition coefficient (Wildman–Crippen LogP) is 4.00. The highest BCUT2D eigenvalue weighted by Crippen LogP contribution is 2.39. The van der Waals surface area contributed by atoms with Gasteiger partial charge in [0.05, 0.1) is 0 Å². The third-order valence-electron chi connectivity index (χ3n) is 3.05. The van der Waals surface area contributed by atoms with Crippen LogP contribution < -0.4 is 0 Å². The van der Waals surface area contributed by atoms with Crippen molar-refractivity contribution in [2.75, 3.05) is 6.61 Å². The third-order valence-corrected chi connectivity index (χ3v) is 3.05. The average Bonchev–Trinajstić information content (AvgIpc) is 2.10. The van der Waals surface area contributed by atoms with Crippen LogP contribution >= 0.6 is 0 Å². The van der Waals surface area contributed by atoms with E-state index in [0.717, 1.165) is 12.8 Å². The van der Waals surface area contributed by atoms with Crippen LogP contribution in [0.4, 0.5) is 0 Å². The molecule has 0 aliphatic rings. The van der Waals surface area contributed by atoms with Crippen molar-refractivity contribution >= 4 is 0 Å². The maximum atomic E-state index is 9.57. The number of unbranched alkanes of at least 4 members (excludes halogenated alkanes) is 1. The van der Waals surface area contributed by atoms with Crippen LogP contribution in [0.1, 0.15) is 66.7 Å². The largest absolute Gasteiger partial charge is 0.396 e. The number of aliphatic hydroxyl groups excluding tert-OH is 1. The van der Waals surface area contributed by atoms with Gasteiger partial charge in [0.2, 0.25) is 0 Å². The van der Waals surface area contributed by atoms with E-state index in [1.165, 1.54) is 19.3 Å². The van der Waals surface area contributed by atoms with Gasteiger partial charge >= 0.3 is 0 Å². The fraction of sp³-hybridized carbons (Fsp3) is 1.00. The fourth-order valence-electron chi connectivity index (χ4n) is 2.31. The van der Waals surface area contributed by atoms with Gasteiger partial charge in [-0.2, -0.15) is 0 Å². The van der Waals surface area contributed by atoms with Crippen molar-refractivity contribution in [3.05, 3.63) is 0 Å². The molecule has 0 spiro atoms. The van der Waals surface area contributed by atoms with E-state index in [2.05, 4.69) is 34.6 Å².